The van der Waals surface area contributed by atoms with Gasteiger partial charge in [0.15, 0.2) is 0 Å². The molecule has 43 heavy (non-hydrogen) atoms. The summed E-state index contributed by atoms with van der Waals surface area (Å²) in [5, 5.41) is 6.71. The van der Waals surface area contributed by atoms with Gasteiger partial charge in [0.2, 0.25) is 5.92 Å². The van der Waals surface area contributed by atoms with Crippen LogP contribution in [0.25, 0.3) is 0 Å². The number of piperidine rings is 1. The van der Waals surface area contributed by atoms with E-state index in [1.807, 2.05) is 60.0 Å². The number of nitrogens with zero attached hydrogens (tertiary/aromatic N) is 4. The molecule has 1 heterocycles. The lowest BCUT2D eigenvalue weighted by atomic mass is 9.92. The Morgan fingerprint density at radius 1 is 1.23 bits per heavy atom. The Labute approximate surface area is 259 Å². The van der Waals surface area contributed by atoms with E-state index < -0.39 is 5.92 Å². The monoisotopic (exact) mass is 600 g/mol. The molecule has 0 aliphatic carbocycles. The van der Waals surface area contributed by atoms with Crippen molar-refractivity contribution in [2.45, 2.75) is 66.7 Å². The molecular weight excluding hydrogens is 546 g/mol. The van der Waals surface area contributed by atoms with Crippen molar-refractivity contribution in [1.82, 2.24) is 15.5 Å². The summed E-state index contributed by atoms with van der Waals surface area (Å²) in [6.45, 7) is 16.8. The second-order valence-electron chi connectivity index (χ2n) is 10.7. The lowest BCUT2D eigenvalue weighted by Gasteiger charge is -2.30. The Morgan fingerprint density at radius 3 is 2.47 bits per heavy atom. The quantitative estimate of drug-likeness (QED) is 0.270. The van der Waals surface area contributed by atoms with Gasteiger partial charge in [0.1, 0.15) is 6.79 Å². The summed E-state index contributed by atoms with van der Waals surface area (Å²) >= 11 is 0. The van der Waals surface area contributed by atoms with Crippen LogP contribution >= 0.6 is 0 Å². The van der Waals surface area contributed by atoms with Crippen LogP contribution in [0, 0.1) is 12.8 Å². The summed E-state index contributed by atoms with van der Waals surface area (Å²) < 4.78 is 25.1. The number of hydrogen-bond acceptors (Lipinski definition) is 7. The van der Waals surface area contributed by atoms with Crippen LogP contribution in [0.4, 0.5) is 8.78 Å². The largest absolute Gasteiger partial charge is 0.385 e. The van der Waals surface area contributed by atoms with E-state index in [0.717, 1.165) is 61.5 Å². The minimum absolute atomic E-state index is 0.172. The maximum absolute atomic E-state index is 12.5. The van der Waals surface area contributed by atoms with E-state index >= 15 is 0 Å². The molecule has 1 aromatic rings. The van der Waals surface area contributed by atoms with Gasteiger partial charge in [-0.1, -0.05) is 35.9 Å². The van der Waals surface area contributed by atoms with Crippen molar-refractivity contribution in [2.24, 2.45) is 20.9 Å². The number of aryl methyl sites for hydroxylation is 1. The average molecular weight is 601 g/mol. The average Bonchev–Trinajstić information content (AvgIpc) is 2.96. The second-order valence-corrected chi connectivity index (χ2v) is 10.7. The smallest absolute Gasteiger partial charge is 0.249 e. The summed E-state index contributed by atoms with van der Waals surface area (Å²) in [5.41, 5.74) is 7.04. The number of carbonyl (C=O) groups is 1. The molecule has 0 spiro atoms. The summed E-state index contributed by atoms with van der Waals surface area (Å²) in [6.07, 6.45) is 10.3. The molecular formula is C34H54F2N6O. The van der Waals surface area contributed by atoms with E-state index in [1.54, 1.807) is 25.2 Å². The van der Waals surface area contributed by atoms with E-state index in [9.17, 15) is 8.78 Å². The Hall–Kier alpha value is -3.46. The highest BCUT2D eigenvalue weighted by molar-refractivity contribution is 5.98. The van der Waals surface area contributed by atoms with Crippen LogP contribution in [0.3, 0.4) is 0 Å². The van der Waals surface area contributed by atoms with Gasteiger partial charge in [-0.05, 0) is 85.2 Å². The van der Waals surface area contributed by atoms with Crippen LogP contribution < -0.4 is 10.6 Å². The van der Waals surface area contributed by atoms with Gasteiger partial charge in [-0.3, -0.25) is 15.0 Å². The number of aliphatic imine (C=N–C) groups is 3. The molecule has 7 nitrogen and oxygen atoms in total. The van der Waals surface area contributed by atoms with E-state index in [1.165, 1.54) is 18.4 Å². The van der Waals surface area contributed by atoms with Crippen molar-refractivity contribution in [3.63, 3.8) is 0 Å². The van der Waals surface area contributed by atoms with Crippen LogP contribution in [0.15, 0.2) is 74.1 Å². The molecule has 1 aromatic carbocycles. The first kappa shape index (κ1) is 39.5. The molecule has 1 aliphatic heterocycles. The van der Waals surface area contributed by atoms with Crippen LogP contribution in [0.1, 0.15) is 58.6 Å². The van der Waals surface area contributed by atoms with Crippen molar-refractivity contribution >= 4 is 24.9 Å². The Morgan fingerprint density at radius 2 is 1.93 bits per heavy atom. The highest BCUT2D eigenvalue weighted by Crippen LogP contribution is 2.20. The third-order valence-corrected chi connectivity index (χ3v) is 6.60. The van der Waals surface area contributed by atoms with E-state index in [2.05, 4.69) is 51.6 Å². The minimum Gasteiger partial charge on any atom is -0.385 e. The number of hydrogen-bond donors (Lipinski definition) is 2. The van der Waals surface area contributed by atoms with Gasteiger partial charge < -0.3 is 20.3 Å². The number of halogens is 2. The second kappa shape index (κ2) is 22.1. The van der Waals surface area contributed by atoms with Crippen molar-refractivity contribution in [3.8, 4) is 0 Å². The number of likely N-dealkylation sites (tertiary alicyclic amines) is 1. The number of carbonyl (C=O) groups excluding carboxylic acids is 1. The third kappa shape index (κ3) is 18.0. The van der Waals surface area contributed by atoms with Crippen molar-refractivity contribution in [3.05, 3.63) is 70.2 Å². The minimum atomic E-state index is -2.60. The number of nitrogens with one attached hydrogen (secondary N) is 2. The highest BCUT2D eigenvalue weighted by Gasteiger charge is 2.22. The fraction of sp³-hybridized carbons (Fsp3) is 0.529. The molecule has 1 saturated heterocycles. The van der Waals surface area contributed by atoms with Crippen LogP contribution in [-0.4, -0.2) is 83.1 Å². The molecule has 1 aliphatic rings. The van der Waals surface area contributed by atoms with Gasteiger partial charge in [0, 0.05) is 69.9 Å². The molecule has 1 unspecified atom stereocenters. The molecule has 0 bridgehead atoms. The van der Waals surface area contributed by atoms with Crippen LogP contribution in [0.5, 0.6) is 0 Å². The number of alkyl halides is 2. The molecule has 9 heteroatoms. The standard InChI is InChI=1S/C23H40N6.C10H12F2.CH2O/c1-8-20(14-26-9-2)15-27-18(3)13-22(21-11-10-12-29(7)17-21)28-19(4)23(25-6)16-24-5;1-8-4-3-5-9(6-8)7-10(2,11)12;1-2/h8,13-14,16,21,25,27H,9-12,15,17H2,1-7H3;3-6H,7H2,1-2H3;1H2/b18-13+,20-8+,23-19-,24-16?,26-14?,28-22-;;. The predicted octanol–water partition coefficient (Wildman–Crippen LogP) is 6.46. The zero-order chi connectivity index (χ0) is 32.8. The molecule has 0 saturated carbocycles. The molecule has 1 fully saturated rings. The molecule has 0 aromatic heterocycles. The van der Waals surface area contributed by atoms with Gasteiger partial charge in [-0.2, -0.15) is 0 Å². The predicted molar refractivity (Wildman–Crippen MR) is 181 cm³/mol. The number of rotatable bonds is 12. The van der Waals surface area contributed by atoms with E-state index in [-0.39, 0.29) is 6.42 Å². The normalized spacial score (nSPS) is 17.6. The first-order chi connectivity index (χ1) is 20.4. The zero-order valence-corrected chi connectivity index (χ0v) is 27.8. The summed E-state index contributed by atoms with van der Waals surface area (Å²) in [5.74, 6) is -2.17. The molecule has 2 N–H and O–H groups in total. The Kier molecular flexibility index (Phi) is 20.3. The summed E-state index contributed by atoms with van der Waals surface area (Å²) in [7, 11) is 5.87. The van der Waals surface area contributed by atoms with Crippen LogP contribution in [-0.2, 0) is 11.2 Å². The van der Waals surface area contributed by atoms with Crippen molar-refractivity contribution in [1.29, 1.82) is 0 Å². The van der Waals surface area contributed by atoms with E-state index in [0.29, 0.717) is 11.5 Å². The molecule has 240 valence electrons. The molecule has 0 amide bonds. The Bertz CT molecular complexity index is 1130. The lowest BCUT2D eigenvalue weighted by Crippen LogP contribution is -2.36. The first-order valence-corrected chi connectivity index (χ1v) is 14.8. The maximum Gasteiger partial charge on any atom is 0.249 e. The molecule has 1 atom stereocenters. The van der Waals surface area contributed by atoms with Gasteiger partial charge in [0.05, 0.1) is 11.4 Å². The zero-order valence-electron chi connectivity index (χ0n) is 27.8. The SMILES string of the molecule is C/C=C(\C=NCC)CN/C(C)=C/C(=N/C(C)=C(/C=NC)NC)C1CCCN(C)C1.C=O.Cc1cccc(CC(C)(F)F)c1. The number of allylic oxidation sites excluding steroid dienone is 5. The molecule has 0 radical (unpaired) electrons. The maximum atomic E-state index is 12.5. The third-order valence-electron chi connectivity index (χ3n) is 6.60. The highest BCUT2D eigenvalue weighted by atomic mass is 19.3. The Balaban J connectivity index is 0.00000104. The number of benzene rings is 1. The van der Waals surface area contributed by atoms with Crippen molar-refractivity contribution in [2.75, 3.05) is 47.3 Å². The summed E-state index contributed by atoms with van der Waals surface area (Å²) in [4.78, 5) is 23.9. The van der Waals surface area contributed by atoms with Gasteiger partial charge >= 0.3 is 0 Å². The summed E-state index contributed by atoms with van der Waals surface area (Å²) in [6, 6.07) is 7.22. The fourth-order valence-electron chi connectivity index (χ4n) is 4.50. The lowest BCUT2D eigenvalue weighted by molar-refractivity contribution is -0.0980. The van der Waals surface area contributed by atoms with Gasteiger partial charge in [-0.25, -0.2) is 8.78 Å². The first-order valence-electron chi connectivity index (χ1n) is 14.8. The molecule has 2 rings (SSSR count). The van der Waals surface area contributed by atoms with Gasteiger partial charge in [0.25, 0.3) is 0 Å². The van der Waals surface area contributed by atoms with Crippen molar-refractivity contribution < 1.29 is 13.6 Å². The van der Waals surface area contributed by atoms with Gasteiger partial charge in [-0.15, -0.1) is 0 Å². The van der Waals surface area contributed by atoms with Crippen LogP contribution in [0.2, 0.25) is 0 Å². The van der Waals surface area contributed by atoms with E-state index in [4.69, 9.17) is 9.79 Å². The fourth-order valence-corrected chi connectivity index (χ4v) is 4.50. The topological polar surface area (TPSA) is 81.4 Å².